The van der Waals surface area contributed by atoms with Crippen LogP contribution in [0.1, 0.15) is 18.4 Å². The van der Waals surface area contributed by atoms with Crippen LogP contribution in [0.15, 0.2) is 58.4 Å². The number of thiophene rings is 1. The Kier molecular flexibility index (Phi) is 7.27. The molecule has 12 heteroatoms. The van der Waals surface area contributed by atoms with Gasteiger partial charge >= 0.3 is 0 Å². The Bertz CT molecular complexity index is 1470. The molecule has 188 valence electrons. The third-order valence-corrected chi connectivity index (χ3v) is 10.9. The fourth-order valence-corrected chi connectivity index (χ4v) is 8.11. The average Bonchev–Trinajstić information content (AvgIpc) is 3.60. The number of thiazole rings is 1. The summed E-state index contributed by atoms with van der Waals surface area (Å²) in [4.78, 5) is 24.4. The van der Waals surface area contributed by atoms with Gasteiger partial charge in [-0.15, -0.1) is 11.3 Å². The zero-order valence-corrected chi connectivity index (χ0v) is 22.5. The number of carbonyl (C=O) groups excluding carboxylic acids is 1. The fraction of sp³-hybridized carbons (Fsp3) is 0.292. The van der Waals surface area contributed by atoms with Crippen molar-refractivity contribution in [3.8, 4) is 5.75 Å². The van der Waals surface area contributed by atoms with Crippen molar-refractivity contribution in [3.05, 3.63) is 64.8 Å². The van der Waals surface area contributed by atoms with E-state index in [1.807, 2.05) is 12.1 Å². The van der Waals surface area contributed by atoms with Crippen LogP contribution in [0.2, 0.25) is 5.02 Å². The Labute approximate surface area is 222 Å². The molecule has 1 aromatic carbocycles. The number of pyridine rings is 1. The van der Waals surface area contributed by atoms with Crippen molar-refractivity contribution in [3.63, 3.8) is 0 Å². The van der Waals surface area contributed by atoms with Crippen molar-refractivity contribution < 1.29 is 17.9 Å². The molecular formula is C24H23ClN4O4S3. The van der Waals surface area contributed by atoms with E-state index in [0.717, 1.165) is 10.3 Å². The van der Waals surface area contributed by atoms with Crippen LogP contribution in [0.3, 0.4) is 0 Å². The number of carbonyl (C=O) groups is 1. The van der Waals surface area contributed by atoms with Crippen molar-refractivity contribution in [1.82, 2.24) is 14.3 Å². The van der Waals surface area contributed by atoms with Crippen molar-refractivity contribution in [1.29, 1.82) is 0 Å². The monoisotopic (exact) mass is 562 g/mol. The molecule has 0 radical (unpaired) electrons. The molecule has 5 rings (SSSR count). The van der Waals surface area contributed by atoms with E-state index in [1.54, 1.807) is 54.0 Å². The van der Waals surface area contributed by atoms with Gasteiger partial charge in [-0.3, -0.25) is 14.7 Å². The number of amides is 1. The number of halogens is 1. The molecule has 0 bridgehead atoms. The topological polar surface area (TPSA) is 92.7 Å². The summed E-state index contributed by atoms with van der Waals surface area (Å²) in [6.45, 7) is 0.869. The summed E-state index contributed by atoms with van der Waals surface area (Å²) >= 11 is 8.97. The summed E-state index contributed by atoms with van der Waals surface area (Å²) in [6.07, 6.45) is 4.27. The van der Waals surface area contributed by atoms with Crippen LogP contribution in [0.25, 0.3) is 10.2 Å². The molecule has 1 fully saturated rings. The lowest BCUT2D eigenvalue weighted by molar-refractivity contribution is -0.123. The van der Waals surface area contributed by atoms with Crippen LogP contribution in [-0.2, 0) is 21.4 Å². The summed E-state index contributed by atoms with van der Waals surface area (Å²) < 4.78 is 33.8. The lowest BCUT2D eigenvalue weighted by Crippen LogP contribution is -2.44. The Morgan fingerprint density at radius 1 is 1.22 bits per heavy atom. The van der Waals surface area contributed by atoms with Crippen LogP contribution >= 0.6 is 34.3 Å². The van der Waals surface area contributed by atoms with E-state index in [9.17, 15) is 13.2 Å². The molecule has 1 saturated heterocycles. The molecule has 0 N–H and O–H groups in total. The number of aromatic nitrogens is 2. The molecular weight excluding hydrogens is 540 g/mol. The Morgan fingerprint density at radius 3 is 2.69 bits per heavy atom. The molecule has 4 heterocycles. The van der Waals surface area contributed by atoms with Crippen LogP contribution in [0.4, 0.5) is 5.13 Å². The zero-order valence-electron chi connectivity index (χ0n) is 19.3. The van der Waals surface area contributed by atoms with Crippen molar-refractivity contribution >= 4 is 65.6 Å². The van der Waals surface area contributed by atoms with Gasteiger partial charge in [-0.1, -0.05) is 35.1 Å². The predicted molar refractivity (Wildman–Crippen MR) is 142 cm³/mol. The van der Waals surface area contributed by atoms with E-state index >= 15 is 0 Å². The fourth-order valence-electron chi connectivity index (χ4n) is 4.24. The number of benzene rings is 1. The second-order valence-corrected chi connectivity index (χ2v) is 12.8. The first kappa shape index (κ1) is 25.1. The summed E-state index contributed by atoms with van der Waals surface area (Å²) in [5.41, 5.74) is 1.46. The number of ether oxygens (including phenoxy) is 1. The number of rotatable bonds is 7. The minimum Gasteiger partial charge on any atom is -0.494 e. The minimum absolute atomic E-state index is 0.0961. The Balaban J connectivity index is 1.42. The first-order valence-electron chi connectivity index (χ1n) is 11.3. The van der Waals surface area contributed by atoms with Gasteiger partial charge in [-0.25, -0.2) is 13.4 Å². The number of methoxy groups -OCH3 is 1. The minimum atomic E-state index is -3.54. The molecule has 36 heavy (non-hydrogen) atoms. The molecule has 4 aromatic rings. The van der Waals surface area contributed by atoms with E-state index in [-0.39, 0.29) is 24.9 Å². The van der Waals surface area contributed by atoms with Gasteiger partial charge in [0.25, 0.3) is 10.0 Å². The highest BCUT2D eigenvalue weighted by atomic mass is 35.5. The van der Waals surface area contributed by atoms with Gasteiger partial charge in [0.05, 0.1) is 23.4 Å². The van der Waals surface area contributed by atoms with Gasteiger partial charge < -0.3 is 4.74 Å². The highest BCUT2D eigenvalue weighted by molar-refractivity contribution is 7.91. The van der Waals surface area contributed by atoms with Crippen LogP contribution in [0, 0.1) is 5.92 Å². The third-order valence-electron chi connectivity index (χ3n) is 6.12. The van der Waals surface area contributed by atoms with Gasteiger partial charge in [0.1, 0.15) is 15.5 Å². The van der Waals surface area contributed by atoms with Crippen LogP contribution in [-0.4, -0.2) is 48.8 Å². The van der Waals surface area contributed by atoms with Gasteiger partial charge in [-0.05, 0) is 48.1 Å². The van der Waals surface area contributed by atoms with Crippen LogP contribution in [0.5, 0.6) is 5.75 Å². The van der Waals surface area contributed by atoms with Crippen molar-refractivity contribution in [2.75, 3.05) is 25.1 Å². The van der Waals surface area contributed by atoms with Gasteiger partial charge in [0.15, 0.2) is 5.13 Å². The third kappa shape index (κ3) is 4.85. The lowest BCUT2D eigenvalue weighted by Gasteiger charge is -2.32. The Hall–Kier alpha value is -2.57. The highest BCUT2D eigenvalue weighted by Crippen LogP contribution is 2.40. The maximum absolute atomic E-state index is 13.8. The molecule has 3 aromatic heterocycles. The summed E-state index contributed by atoms with van der Waals surface area (Å²) in [5, 5.41) is 2.80. The predicted octanol–water partition coefficient (Wildman–Crippen LogP) is 5.05. The maximum atomic E-state index is 13.8. The summed E-state index contributed by atoms with van der Waals surface area (Å²) in [7, 11) is -1.97. The molecule has 0 saturated carbocycles. The molecule has 1 aliphatic rings. The second kappa shape index (κ2) is 10.4. The number of sulfonamides is 1. The van der Waals surface area contributed by atoms with Gasteiger partial charge in [-0.2, -0.15) is 4.31 Å². The van der Waals surface area contributed by atoms with E-state index in [2.05, 4.69) is 4.98 Å². The normalized spacial score (nSPS) is 15.3. The number of fused-ring (bicyclic) bond motifs is 1. The standard InChI is InChI=1S/C24H23ClN4O4S3/c1-33-19-7-6-18(25)22-21(19)27-24(35-22)29(15-16-4-2-10-26-14-16)23(30)17-8-11-28(12-9-17)36(31,32)20-5-3-13-34-20/h2-7,10,13-14,17H,8-9,11-12,15H2,1H3. The molecule has 0 atom stereocenters. The van der Waals surface area contributed by atoms with E-state index in [1.165, 1.54) is 27.0 Å². The van der Waals surface area contributed by atoms with E-state index in [0.29, 0.717) is 45.0 Å². The summed E-state index contributed by atoms with van der Waals surface area (Å²) in [5.74, 6) is 0.153. The average molecular weight is 563 g/mol. The number of hydrogen-bond acceptors (Lipinski definition) is 8. The number of piperidine rings is 1. The number of nitrogens with zero attached hydrogens (tertiary/aromatic N) is 4. The molecule has 0 aliphatic carbocycles. The first-order valence-corrected chi connectivity index (χ1v) is 14.8. The maximum Gasteiger partial charge on any atom is 0.252 e. The van der Waals surface area contributed by atoms with E-state index < -0.39 is 10.0 Å². The Morgan fingerprint density at radius 2 is 2.03 bits per heavy atom. The lowest BCUT2D eigenvalue weighted by atomic mass is 9.96. The van der Waals surface area contributed by atoms with Gasteiger partial charge in [0.2, 0.25) is 5.91 Å². The smallest absolute Gasteiger partial charge is 0.252 e. The SMILES string of the molecule is COc1ccc(Cl)c2sc(N(Cc3cccnc3)C(=O)C3CCN(S(=O)(=O)c4cccs4)CC3)nc12. The first-order chi connectivity index (χ1) is 17.4. The molecule has 0 unspecified atom stereocenters. The number of hydrogen-bond donors (Lipinski definition) is 0. The highest BCUT2D eigenvalue weighted by Gasteiger charge is 2.35. The molecule has 0 spiro atoms. The van der Waals surface area contributed by atoms with E-state index in [4.69, 9.17) is 21.3 Å². The zero-order chi connectivity index (χ0) is 25.3. The van der Waals surface area contributed by atoms with Crippen molar-refractivity contribution in [2.45, 2.75) is 23.6 Å². The van der Waals surface area contributed by atoms with Gasteiger partial charge in [0, 0.05) is 31.4 Å². The second-order valence-electron chi connectivity index (χ2n) is 8.32. The summed E-state index contributed by atoms with van der Waals surface area (Å²) in [6, 6.07) is 10.6. The largest absolute Gasteiger partial charge is 0.494 e. The van der Waals surface area contributed by atoms with Crippen molar-refractivity contribution in [2.24, 2.45) is 5.92 Å². The molecule has 1 amide bonds. The molecule has 8 nitrogen and oxygen atoms in total. The number of anilines is 1. The molecule has 1 aliphatic heterocycles. The van der Waals surface area contributed by atoms with Crippen LogP contribution < -0.4 is 9.64 Å². The quantitative estimate of drug-likeness (QED) is 0.313.